The topological polar surface area (TPSA) is 109 Å². The zero-order chi connectivity index (χ0) is 32.1. The van der Waals surface area contributed by atoms with Gasteiger partial charge in [0.2, 0.25) is 5.91 Å². The summed E-state index contributed by atoms with van der Waals surface area (Å²) in [6.45, 7) is 7.44. The first-order chi connectivity index (χ1) is 21.7. The molecule has 4 rings (SSSR count). The van der Waals surface area contributed by atoms with E-state index in [0.717, 1.165) is 16.7 Å². The fourth-order valence-electron chi connectivity index (χ4n) is 5.42. The van der Waals surface area contributed by atoms with Gasteiger partial charge in [0.25, 0.3) is 0 Å². The van der Waals surface area contributed by atoms with Crippen LogP contribution in [0.4, 0.5) is 9.59 Å². The third-order valence-electron chi connectivity index (χ3n) is 7.64. The molecule has 1 fully saturated rings. The molecule has 45 heavy (non-hydrogen) atoms. The lowest BCUT2D eigenvalue weighted by Crippen LogP contribution is -2.49. The van der Waals surface area contributed by atoms with Crippen molar-refractivity contribution in [2.75, 3.05) is 26.2 Å². The number of rotatable bonds is 12. The van der Waals surface area contributed by atoms with Crippen molar-refractivity contribution >= 4 is 18.1 Å². The minimum atomic E-state index is -0.602. The molecular formula is C36H46N4O5. The van der Waals surface area contributed by atoms with Crippen molar-refractivity contribution in [2.45, 2.75) is 70.2 Å². The lowest BCUT2D eigenvalue weighted by atomic mass is 9.90. The van der Waals surface area contributed by atoms with E-state index < -0.39 is 23.8 Å². The van der Waals surface area contributed by atoms with Gasteiger partial charge in [-0.3, -0.25) is 4.79 Å². The van der Waals surface area contributed by atoms with Crippen LogP contribution in [0.1, 0.15) is 62.6 Å². The fraction of sp³-hybridized carbons (Fsp3) is 0.417. The van der Waals surface area contributed by atoms with E-state index in [4.69, 9.17) is 9.47 Å². The van der Waals surface area contributed by atoms with E-state index in [1.165, 1.54) is 0 Å². The summed E-state index contributed by atoms with van der Waals surface area (Å²) in [5.74, 6) is 0.0211. The molecule has 0 aliphatic carbocycles. The average Bonchev–Trinajstić information content (AvgIpc) is 3.18. The van der Waals surface area contributed by atoms with Crippen molar-refractivity contribution in [2.24, 2.45) is 0 Å². The van der Waals surface area contributed by atoms with E-state index in [0.29, 0.717) is 45.4 Å². The lowest BCUT2D eigenvalue weighted by molar-refractivity contribution is -0.133. The van der Waals surface area contributed by atoms with Crippen molar-refractivity contribution in [1.29, 1.82) is 0 Å². The Hall–Kier alpha value is -4.37. The molecule has 0 saturated carbocycles. The van der Waals surface area contributed by atoms with E-state index >= 15 is 0 Å². The molecule has 1 unspecified atom stereocenters. The number of hydrogen-bond donors (Lipinski definition) is 3. The Kier molecular flexibility index (Phi) is 12.4. The molecule has 1 aliphatic rings. The van der Waals surface area contributed by atoms with Crippen LogP contribution in [-0.2, 0) is 20.9 Å². The van der Waals surface area contributed by atoms with Crippen molar-refractivity contribution in [3.05, 3.63) is 108 Å². The van der Waals surface area contributed by atoms with Crippen LogP contribution in [0.25, 0.3) is 0 Å². The van der Waals surface area contributed by atoms with Crippen LogP contribution in [0, 0.1) is 0 Å². The summed E-state index contributed by atoms with van der Waals surface area (Å²) in [5.41, 5.74) is 2.60. The van der Waals surface area contributed by atoms with E-state index in [1.54, 1.807) is 0 Å². The summed E-state index contributed by atoms with van der Waals surface area (Å²) in [4.78, 5) is 40.6. The molecule has 3 N–H and O–H groups in total. The Labute approximate surface area is 266 Å². The zero-order valence-electron chi connectivity index (χ0n) is 26.5. The highest BCUT2D eigenvalue weighted by atomic mass is 16.6. The molecule has 3 aromatic rings. The lowest BCUT2D eigenvalue weighted by Gasteiger charge is -2.29. The number of alkyl carbamates (subject to hydrolysis) is 2. The molecular weight excluding hydrogens is 568 g/mol. The SMILES string of the molecule is CC(C)(C)OC(=O)NCC1CCN(CC(c2ccccc2)c2ccccc2)C(=O)[C@@H](CCCNC(=O)OCc2ccccc2)N1. The summed E-state index contributed by atoms with van der Waals surface area (Å²) < 4.78 is 10.7. The molecule has 9 heteroatoms. The van der Waals surface area contributed by atoms with E-state index in [9.17, 15) is 14.4 Å². The highest BCUT2D eigenvalue weighted by molar-refractivity contribution is 5.82. The van der Waals surface area contributed by atoms with Crippen molar-refractivity contribution in [1.82, 2.24) is 20.9 Å². The molecule has 3 amide bonds. The van der Waals surface area contributed by atoms with Gasteiger partial charge in [0.15, 0.2) is 0 Å². The zero-order valence-corrected chi connectivity index (χ0v) is 26.5. The van der Waals surface area contributed by atoms with Crippen LogP contribution in [0.2, 0.25) is 0 Å². The molecule has 9 nitrogen and oxygen atoms in total. The van der Waals surface area contributed by atoms with Gasteiger partial charge < -0.3 is 30.3 Å². The van der Waals surface area contributed by atoms with E-state index in [-0.39, 0.29) is 24.5 Å². The van der Waals surface area contributed by atoms with Gasteiger partial charge in [0.05, 0.1) is 6.04 Å². The third kappa shape index (κ3) is 11.2. The maximum absolute atomic E-state index is 14.0. The monoisotopic (exact) mass is 614 g/mol. The van der Waals surface area contributed by atoms with Crippen molar-refractivity contribution in [3.63, 3.8) is 0 Å². The number of nitrogens with zero attached hydrogens (tertiary/aromatic N) is 1. The van der Waals surface area contributed by atoms with E-state index in [2.05, 4.69) is 40.2 Å². The predicted molar refractivity (Wildman–Crippen MR) is 175 cm³/mol. The van der Waals surface area contributed by atoms with Crippen LogP contribution >= 0.6 is 0 Å². The molecule has 0 radical (unpaired) electrons. The van der Waals surface area contributed by atoms with Crippen LogP contribution in [0.3, 0.4) is 0 Å². The van der Waals surface area contributed by atoms with Gasteiger partial charge in [-0.1, -0.05) is 91.0 Å². The maximum Gasteiger partial charge on any atom is 0.407 e. The molecule has 1 saturated heterocycles. The van der Waals surface area contributed by atoms with E-state index in [1.807, 2.05) is 92.4 Å². The second-order valence-corrected chi connectivity index (χ2v) is 12.4. The van der Waals surface area contributed by atoms with Gasteiger partial charge in [-0.25, -0.2) is 9.59 Å². The Morgan fingerprint density at radius 3 is 2.09 bits per heavy atom. The largest absolute Gasteiger partial charge is 0.445 e. The quantitative estimate of drug-likeness (QED) is 0.229. The van der Waals surface area contributed by atoms with Crippen molar-refractivity contribution < 1.29 is 23.9 Å². The minimum absolute atomic E-state index is 0.00879. The van der Waals surface area contributed by atoms with Crippen LogP contribution < -0.4 is 16.0 Å². The fourth-order valence-corrected chi connectivity index (χ4v) is 5.42. The minimum Gasteiger partial charge on any atom is -0.445 e. The van der Waals surface area contributed by atoms with Crippen LogP contribution in [-0.4, -0.2) is 66.9 Å². The number of hydrogen-bond acceptors (Lipinski definition) is 6. The Balaban J connectivity index is 1.41. The van der Waals surface area contributed by atoms with Gasteiger partial charge in [-0.15, -0.1) is 0 Å². The molecule has 0 aromatic heterocycles. The smallest absolute Gasteiger partial charge is 0.407 e. The normalized spacial score (nSPS) is 17.0. The number of carbonyl (C=O) groups is 3. The molecule has 240 valence electrons. The summed E-state index contributed by atoms with van der Waals surface area (Å²) in [6, 6.07) is 29.4. The van der Waals surface area contributed by atoms with Crippen LogP contribution in [0.5, 0.6) is 0 Å². The summed E-state index contributed by atoms with van der Waals surface area (Å²) in [7, 11) is 0. The third-order valence-corrected chi connectivity index (χ3v) is 7.64. The van der Waals surface area contributed by atoms with Gasteiger partial charge >= 0.3 is 12.2 Å². The Morgan fingerprint density at radius 1 is 0.889 bits per heavy atom. The number of carbonyl (C=O) groups excluding carboxylic acids is 3. The van der Waals surface area contributed by atoms with Gasteiger partial charge in [0.1, 0.15) is 12.2 Å². The number of nitrogens with one attached hydrogen (secondary N) is 3. The predicted octanol–water partition coefficient (Wildman–Crippen LogP) is 5.61. The second kappa shape index (κ2) is 16.6. The molecule has 0 spiro atoms. The molecule has 3 aromatic carbocycles. The first kappa shape index (κ1) is 33.5. The molecule has 1 heterocycles. The van der Waals surface area contributed by atoms with Gasteiger partial charge in [0, 0.05) is 38.1 Å². The maximum atomic E-state index is 14.0. The second-order valence-electron chi connectivity index (χ2n) is 12.4. The Morgan fingerprint density at radius 2 is 1.49 bits per heavy atom. The Bertz CT molecular complexity index is 1310. The number of amides is 3. The number of benzene rings is 3. The van der Waals surface area contributed by atoms with Crippen LogP contribution in [0.15, 0.2) is 91.0 Å². The molecule has 2 atom stereocenters. The molecule has 0 bridgehead atoms. The highest BCUT2D eigenvalue weighted by Crippen LogP contribution is 2.27. The summed E-state index contributed by atoms with van der Waals surface area (Å²) >= 11 is 0. The number of ether oxygens (including phenoxy) is 2. The molecule has 1 aliphatic heterocycles. The first-order valence-electron chi connectivity index (χ1n) is 15.7. The first-order valence-corrected chi connectivity index (χ1v) is 15.7. The van der Waals surface area contributed by atoms with Gasteiger partial charge in [-0.2, -0.15) is 0 Å². The van der Waals surface area contributed by atoms with Gasteiger partial charge in [-0.05, 0) is 56.7 Å². The average molecular weight is 615 g/mol. The highest BCUT2D eigenvalue weighted by Gasteiger charge is 2.33. The summed E-state index contributed by atoms with van der Waals surface area (Å²) in [6.07, 6.45) is 0.773. The standard InChI is InChI=1S/C36H46N4O5/c1-36(2,3)45-35(43)38-24-30-21-23-40(25-31(28-16-9-5-10-17-28)29-18-11-6-12-19-29)33(41)32(39-30)20-13-22-37-34(42)44-26-27-14-7-4-8-15-27/h4-12,14-19,30-32,39H,13,20-26H2,1-3H3,(H,37,42)(H,38,43)/t30?,32-/m1/s1. The summed E-state index contributed by atoms with van der Waals surface area (Å²) in [5, 5.41) is 9.15. The van der Waals surface area contributed by atoms with Crippen molar-refractivity contribution in [3.8, 4) is 0 Å².